The zero-order valence-corrected chi connectivity index (χ0v) is 9.79. The standard InChI is InChI=1S/C13H20O2/c1-8-12(15)5-4-11-6-10(9(2)14)7-13(8,11)3/h7-8,11-12,15H,4-6H2,1-3H3. The highest BCUT2D eigenvalue weighted by Crippen LogP contribution is 2.53. The number of ketones is 1. The maximum atomic E-state index is 11.4. The molecule has 1 fully saturated rings. The van der Waals surface area contributed by atoms with Crippen LogP contribution in [-0.4, -0.2) is 17.0 Å². The van der Waals surface area contributed by atoms with E-state index in [-0.39, 0.29) is 23.2 Å². The Hall–Kier alpha value is -0.630. The predicted octanol–water partition coefficient (Wildman–Crippen LogP) is 2.32. The number of hydrogen-bond acceptors (Lipinski definition) is 2. The van der Waals surface area contributed by atoms with E-state index in [4.69, 9.17) is 0 Å². The summed E-state index contributed by atoms with van der Waals surface area (Å²) in [6.07, 6.45) is 4.79. The largest absolute Gasteiger partial charge is 0.393 e. The number of hydrogen-bond donors (Lipinski definition) is 1. The highest BCUT2D eigenvalue weighted by molar-refractivity contribution is 5.94. The lowest BCUT2D eigenvalue weighted by Crippen LogP contribution is -2.41. The number of carbonyl (C=O) groups excluding carboxylic acids is 1. The third-order valence-corrected chi connectivity index (χ3v) is 4.65. The van der Waals surface area contributed by atoms with E-state index >= 15 is 0 Å². The van der Waals surface area contributed by atoms with Gasteiger partial charge in [-0.05, 0) is 49.0 Å². The van der Waals surface area contributed by atoms with E-state index in [1.165, 1.54) is 0 Å². The molecule has 0 radical (unpaired) electrons. The molecule has 1 saturated carbocycles. The zero-order valence-electron chi connectivity index (χ0n) is 9.79. The van der Waals surface area contributed by atoms with Gasteiger partial charge in [0.2, 0.25) is 0 Å². The van der Waals surface area contributed by atoms with Gasteiger partial charge >= 0.3 is 0 Å². The van der Waals surface area contributed by atoms with E-state index in [1.807, 2.05) is 0 Å². The lowest BCUT2D eigenvalue weighted by Gasteiger charge is -2.44. The SMILES string of the molecule is CC(=O)C1=CC2(C)C(CCC(O)C2C)C1. The highest BCUT2D eigenvalue weighted by atomic mass is 16.3. The van der Waals surface area contributed by atoms with Crippen molar-refractivity contribution in [1.29, 1.82) is 0 Å². The second kappa shape index (κ2) is 3.44. The summed E-state index contributed by atoms with van der Waals surface area (Å²) in [6.45, 7) is 5.95. The number of Topliss-reactive ketones (excluding diaryl/α,β-unsaturated/α-hetero) is 1. The van der Waals surface area contributed by atoms with Gasteiger partial charge < -0.3 is 5.11 Å². The maximum absolute atomic E-state index is 11.4. The van der Waals surface area contributed by atoms with Gasteiger partial charge in [0.15, 0.2) is 5.78 Å². The Balaban J connectivity index is 2.31. The molecule has 0 aromatic rings. The predicted molar refractivity (Wildman–Crippen MR) is 59.4 cm³/mol. The Bertz CT molecular complexity index is 318. The van der Waals surface area contributed by atoms with Crippen LogP contribution in [0.25, 0.3) is 0 Å². The van der Waals surface area contributed by atoms with Crippen LogP contribution in [0.2, 0.25) is 0 Å². The molecular formula is C13H20O2. The van der Waals surface area contributed by atoms with Crippen LogP contribution in [0.15, 0.2) is 11.6 Å². The Kier molecular flexibility index (Phi) is 2.50. The normalized spacial score (nSPS) is 44.8. The molecule has 0 heterocycles. The van der Waals surface area contributed by atoms with Crippen LogP contribution in [0.3, 0.4) is 0 Å². The molecule has 2 rings (SSSR count). The minimum absolute atomic E-state index is 0.0403. The fraction of sp³-hybridized carbons (Fsp3) is 0.769. The van der Waals surface area contributed by atoms with E-state index in [0.717, 1.165) is 24.8 Å². The second-order valence-electron chi connectivity index (χ2n) is 5.43. The number of carbonyl (C=O) groups is 1. The highest BCUT2D eigenvalue weighted by Gasteiger charge is 2.48. The topological polar surface area (TPSA) is 37.3 Å². The molecule has 0 bridgehead atoms. The molecule has 2 aliphatic carbocycles. The minimum atomic E-state index is -0.200. The van der Waals surface area contributed by atoms with Crippen molar-refractivity contribution in [3.8, 4) is 0 Å². The number of aliphatic hydroxyl groups is 1. The van der Waals surface area contributed by atoms with Gasteiger partial charge in [-0.1, -0.05) is 19.9 Å². The van der Waals surface area contributed by atoms with E-state index in [0.29, 0.717) is 5.92 Å². The van der Waals surface area contributed by atoms with Crippen molar-refractivity contribution in [3.05, 3.63) is 11.6 Å². The molecule has 15 heavy (non-hydrogen) atoms. The van der Waals surface area contributed by atoms with Gasteiger partial charge in [0, 0.05) is 0 Å². The van der Waals surface area contributed by atoms with E-state index in [1.54, 1.807) is 6.92 Å². The van der Waals surface area contributed by atoms with Crippen molar-refractivity contribution in [2.75, 3.05) is 0 Å². The Morgan fingerprint density at radius 2 is 2.20 bits per heavy atom. The molecule has 0 spiro atoms. The summed E-state index contributed by atoms with van der Waals surface area (Å²) in [4.78, 5) is 11.4. The Morgan fingerprint density at radius 1 is 1.53 bits per heavy atom. The summed E-state index contributed by atoms with van der Waals surface area (Å²) in [6, 6.07) is 0. The summed E-state index contributed by atoms with van der Waals surface area (Å²) in [5, 5.41) is 9.90. The Morgan fingerprint density at radius 3 is 2.80 bits per heavy atom. The van der Waals surface area contributed by atoms with Crippen LogP contribution >= 0.6 is 0 Å². The van der Waals surface area contributed by atoms with E-state index in [9.17, 15) is 9.90 Å². The summed E-state index contributed by atoms with van der Waals surface area (Å²) in [5.74, 6) is 1.04. The molecule has 2 nitrogen and oxygen atoms in total. The second-order valence-corrected chi connectivity index (χ2v) is 5.43. The number of fused-ring (bicyclic) bond motifs is 1. The summed E-state index contributed by atoms with van der Waals surface area (Å²) in [7, 11) is 0. The summed E-state index contributed by atoms with van der Waals surface area (Å²) < 4.78 is 0. The molecular weight excluding hydrogens is 188 g/mol. The number of allylic oxidation sites excluding steroid dienone is 2. The van der Waals surface area contributed by atoms with E-state index < -0.39 is 0 Å². The Labute approximate surface area is 91.4 Å². The summed E-state index contributed by atoms with van der Waals surface area (Å²) in [5.41, 5.74) is 1.02. The first-order valence-electron chi connectivity index (χ1n) is 5.86. The van der Waals surface area contributed by atoms with Crippen molar-refractivity contribution in [2.24, 2.45) is 17.3 Å². The van der Waals surface area contributed by atoms with Crippen LogP contribution in [0, 0.1) is 17.3 Å². The molecule has 0 aromatic heterocycles. The maximum Gasteiger partial charge on any atom is 0.155 e. The average Bonchev–Trinajstić information content (AvgIpc) is 2.52. The van der Waals surface area contributed by atoms with Crippen molar-refractivity contribution in [3.63, 3.8) is 0 Å². The van der Waals surface area contributed by atoms with Gasteiger partial charge in [-0.2, -0.15) is 0 Å². The number of aliphatic hydroxyl groups excluding tert-OH is 1. The first-order valence-corrected chi connectivity index (χ1v) is 5.86. The lowest BCUT2D eigenvalue weighted by molar-refractivity contribution is -0.113. The summed E-state index contributed by atoms with van der Waals surface area (Å²) >= 11 is 0. The fourth-order valence-electron chi connectivity index (χ4n) is 3.24. The van der Waals surface area contributed by atoms with Crippen LogP contribution in [-0.2, 0) is 4.79 Å². The van der Waals surface area contributed by atoms with Crippen LogP contribution in [0.1, 0.15) is 40.0 Å². The van der Waals surface area contributed by atoms with Crippen molar-refractivity contribution in [1.82, 2.24) is 0 Å². The first-order chi connectivity index (χ1) is 6.95. The van der Waals surface area contributed by atoms with Crippen molar-refractivity contribution in [2.45, 2.75) is 46.1 Å². The van der Waals surface area contributed by atoms with E-state index in [2.05, 4.69) is 19.9 Å². The van der Waals surface area contributed by atoms with Gasteiger partial charge in [0.1, 0.15) is 0 Å². The lowest BCUT2D eigenvalue weighted by atomic mass is 9.62. The van der Waals surface area contributed by atoms with Gasteiger partial charge in [0.25, 0.3) is 0 Å². The van der Waals surface area contributed by atoms with Crippen molar-refractivity contribution >= 4 is 5.78 Å². The number of rotatable bonds is 1. The van der Waals surface area contributed by atoms with Crippen LogP contribution < -0.4 is 0 Å². The molecule has 4 unspecified atom stereocenters. The van der Waals surface area contributed by atoms with Crippen molar-refractivity contribution < 1.29 is 9.90 Å². The monoisotopic (exact) mass is 208 g/mol. The molecule has 0 saturated heterocycles. The third kappa shape index (κ3) is 1.55. The third-order valence-electron chi connectivity index (χ3n) is 4.65. The minimum Gasteiger partial charge on any atom is -0.393 e. The quantitative estimate of drug-likeness (QED) is 0.718. The molecule has 2 heteroatoms. The van der Waals surface area contributed by atoms with Gasteiger partial charge in [-0.15, -0.1) is 0 Å². The zero-order chi connectivity index (χ0) is 11.2. The smallest absolute Gasteiger partial charge is 0.155 e. The van der Waals surface area contributed by atoms with Crippen LogP contribution in [0.4, 0.5) is 0 Å². The molecule has 0 aromatic carbocycles. The van der Waals surface area contributed by atoms with Crippen LogP contribution in [0.5, 0.6) is 0 Å². The van der Waals surface area contributed by atoms with Gasteiger partial charge in [0.05, 0.1) is 6.10 Å². The molecule has 0 amide bonds. The molecule has 2 aliphatic rings. The van der Waals surface area contributed by atoms with Gasteiger partial charge in [-0.25, -0.2) is 0 Å². The molecule has 1 N–H and O–H groups in total. The first kappa shape index (κ1) is 10.9. The average molecular weight is 208 g/mol. The fourth-order valence-corrected chi connectivity index (χ4v) is 3.24. The molecule has 84 valence electrons. The molecule has 0 aliphatic heterocycles. The van der Waals surface area contributed by atoms with Gasteiger partial charge in [-0.3, -0.25) is 4.79 Å². The molecule has 4 atom stereocenters.